The van der Waals surface area contributed by atoms with Crippen LogP contribution >= 0.6 is 11.9 Å². The maximum atomic E-state index is 3.26. The van der Waals surface area contributed by atoms with E-state index in [1.54, 1.807) is 11.9 Å². The summed E-state index contributed by atoms with van der Waals surface area (Å²) >= 11 is 1.63. The van der Waals surface area contributed by atoms with Gasteiger partial charge in [-0.25, -0.2) is 0 Å². The van der Waals surface area contributed by atoms with Crippen molar-refractivity contribution in [3.05, 3.63) is 28.8 Å². The number of anilines is 1. The van der Waals surface area contributed by atoms with Crippen molar-refractivity contribution in [3.63, 3.8) is 0 Å². The average Bonchev–Trinajstić information content (AvgIpc) is 2.01. The largest absolute Gasteiger partial charge is 0.330 e. The second kappa shape index (κ2) is 3.85. The quantitative estimate of drug-likeness (QED) is 0.703. The molecule has 0 saturated heterocycles. The number of nitrogens with one attached hydrogen (secondary N) is 1. The summed E-state index contributed by atoms with van der Waals surface area (Å²) in [5.74, 6) is 0. The Morgan fingerprint density at radius 2 is 1.58 bits per heavy atom. The molecule has 0 unspecified atom stereocenters. The smallest absolute Gasteiger partial charge is 0.0472 e. The molecule has 1 rings (SSSR count). The Labute approximate surface area is 78.7 Å². The van der Waals surface area contributed by atoms with Crippen molar-refractivity contribution in [3.8, 4) is 0 Å². The van der Waals surface area contributed by atoms with Crippen molar-refractivity contribution in [1.29, 1.82) is 0 Å². The van der Waals surface area contributed by atoms with Gasteiger partial charge in [0.15, 0.2) is 0 Å². The van der Waals surface area contributed by atoms with E-state index < -0.39 is 0 Å². The fourth-order valence-electron chi connectivity index (χ4n) is 1.18. The maximum absolute atomic E-state index is 3.26. The Balaban J connectivity index is 3.05. The van der Waals surface area contributed by atoms with Gasteiger partial charge in [-0.2, -0.15) is 0 Å². The summed E-state index contributed by atoms with van der Waals surface area (Å²) in [6.07, 6.45) is 2.04. The van der Waals surface area contributed by atoms with Gasteiger partial charge in [-0.3, -0.25) is 0 Å². The van der Waals surface area contributed by atoms with Gasteiger partial charge in [0.2, 0.25) is 0 Å². The summed E-state index contributed by atoms with van der Waals surface area (Å²) in [4.78, 5) is 0. The van der Waals surface area contributed by atoms with E-state index in [0.29, 0.717) is 0 Å². The summed E-state index contributed by atoms with van der Waals surface area (Å²) < 4.78 is 3.26. The van der Waals surface area contributed by atoms with E-state index in [9.17, 15) is 0 Å². The highest BCUT2D eigenvalue weighted by Gasteiger charge is 1.99. The monoisotopic (exact) mass is 181 g/mol. The molecule has 2 heteroatoms. The first-order valence-electron chi connectivity index (χ1n) is 4.02. The van der Waals surface area contributed by atoms with Gasteiger partial charge in [0, 0.05) is 11.9 Å². The summed E-state index contributed by atoms with van der Waals surface area (Å²) in [5.41, 5.74) is 5.24. The van der Waals surface area contributed by atoms with Crippen LogP contribution in [0.15, 0.2) is 12.1 Å². The van der Waals surface area contributed by atoms with Gasteiger partial charge in [0.05, 0.1) is 0 Å². The van der Waals surface area contributed by atoms with Crippen LogP contribution in [-0.2, 0) is 0 Å². The molecule has 66 valence electrons. The van der Waals surface area contributed by atoms with Gasteiger partial charge < -0.3 is 4.72 Å². The molecular formula is C10H15NS. The van der Waals surface area contributed by atoms with Crippen molar-refractivity contribution in [1.82, 2.24) is 0 Å². The van der Waals surface area contributed by atoms with Crippen molar-refractivity contribution < 1.29 is 0 Å². The van der Waals surface area contributed by atoms with Crippen LogP contribution in [0.5, 0.6) is 0 Å². The fraction of sp³-hybridized carbons (Fsp3) is 0.400. The van der Waals surface area contributed by atoms with E-state index >= 15 is 0 Å². The van der Waals surface area contributed by atoms with E-state index in [1.807, 2.05) is 6.26 Å². The van der Waals surface area contributed by atoms with Gasteiger partial charge in [0.25, 0.3) is 0 Å². The minimum absolute atomic E-state index is 1.23. The van der Waals surface area contributed by atoms with Gasteiger partial charge in [0.1, 0.15) is 0 Å². The van der Waals surface area contributed by atoms with Gasteiger partial charge >= 0.3 is 0 Å². The van der Waals surface area contributed by atoms with E-state index in [2.05, 4.69) is 37.6 Å². The Hall–Kier alpha value is -0.630. The Morgan fingerprint density at radius 3 is 2.17 bits per heavy atom. The molecule has 0 heterocycles. The molecule has 0 fully saturated rings. The normalized spacial score (nSPS) is 10.0. The first-order chi connectivity index (χ1) is 5.65. The van der Waals surface area contributed by atoms with Gasteiger partial charge in [-0.15, -0.1) is 0 Å². The highest BCUT2D eigenvalue weighted by Crippen LogP contribution is 2.21. The molecule has 1 aromatic rings. The Morgan fingerprint density at radius 1 is 1.00 bits per heavy atom. The second-order valence-corrected chi connectivity index (χ2v) is 3.67. The lowest BCUT2D eigenvalue weighted by Crippen LogP contribution is -1.91. The number of rotatable bonds is 2. The van der Waals surface area contributed by atoms with E-state index in [1.165, 1.54) is 22.4 Å². The summed E-state index contributed by atoms with van der Waals surface area (Å²) in [6.45, 7) is 6.41. The zero-order chi connectivity index (χ0) is 9.14. The molecule has 0 aliphatic carbocycles. The summed E-state index contributed by atoms with van der Waals surface area (Å²) in [5, 5.41) is 0. The van der Waals surface area contributed by atoms with Crippen molar-refractivity contribution >= 4 is 17.6 Å². The van der Waals surface area contributed by atoms with Crippen LogP contribution in [0.25, 0.3) is 0 Å². The Bertz CT molecular complexity index is 281. The number of hydrogen-bond donors (Lipinski definition) is 1. The van der Waals surface area contributed by atoms with Crippen LogP contribution in [0, 0.1) is 20.8 Å². The molecule has 0 radical (unpaired) electrons. The van der Waals surface area contributed by atoms with Crippen LogP contribution in [0.3, 0.4) is 0 Å². The molecule has 1 aromatic carbocycles. The zero-order valence-electron chi connectivity index (χ0n) is 8.06. The maximum Gasteiger partial charge on any atom is 0.0472 e. The van der Waals surface area contributed by atoms with E-state index in [0.717, 1.165) is 0 Å². The first-order valence-corrected chi connectivity index (χ1v) is 5.24. The lowest BCUT2D eigenvalue weighted by atomic mass is 10.1. The molecule has 0 spiro atoms. The molecule has 12 heavy (non-hydrogen) atoms. The third-order valence-electron chi connectivity index (χ3n) is 2.05. The lowest BCUT2D eigenvalue weighted by Gasteiger charge is -2.09. The van der Waals surface area contributed by atoms with Crippen molar-refractivity contribution in [2.24, 2.45) is 0 Å². The van der Waals surface area contributed by atoms with Crippen molar-refractivity contribution in [2.45, 2.75) is 20.8 Å². The molecular weight excluding hydrogens is 166 g/mol. The van der Waals surface area contributed by atoms with Crippen LogP contribution < -0.4 is 4.72 Å². The third-order valence-corrected chi connectivity index (χ3v) is 2.48. The van der Waals surface area contributed by atoms with Crippen LogP contribution in [-0.4, -0.2) is 6.26 Å². The van der Waals surface area contributed by atoms with Gasteiger partial charge in [-0.1, -0.05) is 18.0 Å². The molecule has 1 nitrogen and oxygen atoms in total. The molecule has 0 saturated carbocycles. The summed E-state index contributed by atoms with van der Waals surface area (Å²) in [7, 11) is 0. The molecule has 0 amide bonds. The van der Waals surface area contributed by atoms with Crippen LogP contribution in [0.1, 0.15) is 16.7 Å². The number of aryl methyl sites for hydroxylation is 3. The van der Waals surface area contributed by atoms with E-state index in [-0.39, 0.29) is 0 Å². The standard InChI is InChI=1S/C10H15NS/c1-7-5-9(3)10(11-12-4)6-8(7)2/h5-6,11H,1-4H3. The predicted octanol–water partition coefficient (Wildman–Crippen LogP) is 3.30. The zero-order valence-corrected chi connectivity index (χ0v) is 8.88. The van der Waals surface area contributed by atoms with Crippen molar-refractivity contribution in [2.75, 3.05) is 11.0 Å². The SMILES string of the molecule is CSNc1cc(C)c(C)cc1C. The summed E-state index contributed by atoms with van der Waals surface area (Å²) in [6, 6.07) is 4.41. The highest BCUT2D eigenvalue weighted by atomic mass is 32.2. The molecule has 0 aliphatic heterocycles. The van der Waals surface area contributed by atoms with Gasteiger partial charge in [-0.05, 0) is 43.5 Å². The second-order valence-electron chi connectivity index (χ2n) is 3.06. The number of hydrogen-bond acceptors (Lipinski definition) is 2. The van der Waals surface area contributed by atoms with E-state index in [4.69, 9.17) is 0 Å². The van der Waals surface area contributed by atoms with Crippen LogP contribution in [0.4, 0.5) is 5.69 Å². The number of benzene rings is 1. The predicted molar refractivity (Wildman–Crippen MR) is 57.8 cm³/mol. The third kappa shape index (κ3) is 1.95. The molecule has 0 aliphatic rings. The lowest BCUT2D eigenvalue weighted by molar-refractivity contribution is 1.30. The first kappa shape index (κ1) is 9.46. The fourth-order valence-corrected chi connectivity index (χ4v) is 1.62. The molecule has 0 bridgehead atoms. The molecule has 1 N–H and O–H groups in total. The average molecular weight is 181 g/mol. The minimum atomic E-state index is 1.23. The topological polar surface area (TPSA) is 12.0 Å². The minimum Gasteiger partial charge on any atom is -0.330 e. The van der Waals surface area contributed by atoms with Crippen LogP contribution in [0.2, 0.25) is 0 Å². The molecule has 0 atom stereocenters. The highest BCUT2D eigenvalue weighted by molar-refractivity contribution is 7.99. The Kier molecular flexibility index (Phi) is 3.04. The molecule has 0 aromatic heterocycles.